The van der Waals surface area contributed by atoms with E-state index in [9.17, 15) is 30.0 Å². The normalized spacial score (nSPS) is 39.5. The van der Waals surface area contributed by atoms with Gasteiger partial charge in [-0.15, -0.1) is 0 Å². The Hall–Kier alpha value is -1.30. The van der Waals surface area contributed by atoms with E-state index in [-0.39, 0.29) is 36.1 Å². The molecule has 39 heavy (non-hydrogen) atoms. The summed E-state index contributed by atoms with van der Waals surface area (Å²) in [5.41, 5.74) is 0. The molecule has 0 bridgehead atoms. The Morgan fingerprint density at radius 1 is 1.03 bits per heavy atom. The van der Waals surface area contributed by atoms with E-state index in [1.807, 2.05) is 11.8 Å². The number of fused-ring (bicyclic) bond motifs is 2. The Kier molecular flexibility index (Phi) is 9.51. The van der Waals surface area contributed by atoms with E-state index in [1.165, 1.54) is 6.42 Å². The summed E-state index contributed by atoms with van der Waals surface area (Å²) in [6.45, 7) is 4.15. The predicted molar refractivity (Wildman–Crippen MR) is 146 cm³/mol. The quantitative estimate of drug-likeness (QED) is 0.203. The molecular weight excluding hydrogens is 500 g/mol. The lowest BCUT2D eigenvalue weighted by molar-refractivity contribution is -0.149. The van der Waals surface area contributed by atoms with Crippen LogP contribution in [0.15, 0.2) is 0 Å². The highest BCUT2D eigenvalue weighted by Crippen LogP contribution is 2.42. The van der Waals surface area contributed by atoms with Gasteiger partial charge in [0.25, 0.3) is 0 Å². The summed E-state index contributed by atoms with van der Waals surface area (Å²) in [7, 11) is 0. The number of aliphatic hydroxyl groups is 3. The number of hydrogen-bond donors (Lipinski definition) is 7. The molecule has 3 aliphatic carbocycles. The number of carbonyl (C=O) groups is 2. The molecule has 7 unspecified atom stereocenters. The van der Waals surface area contributed by atoms with Crippen molar-refractivity contribution < 1.29 is 30.0 Å². The van der Waals surface area contributed by atoms with Crippen LogP contribution in [0.5, 0.6) is 0 Å². The van der Waals surface area contributed by atoms with E-state index in [0.717, 1.165) is 51.5 Å². The smallest absolute Gasteiger partial charge is 0.322 e. The highest BCUT2D eigenvalue weighted by atomic mass is 16.4. The molecule has 3 saturated carbocycles. The van der Waals surface area contributed by atoms with Gasteiger partial charge in [0.05, 0.1) is 12.2 Å². The first-order chi connectivity index (χ1) is 18.7. The van der Waals surface area contributed by atoms with Gasteiger partial charge in [0.2, 0.25) is 5.91 Å². The molecule has 0 aromatic carbocycles. The largest absolute Gasteiger partial charge is 0.480 e. The number of nitrogens with zero attached hydrogens (tertiary/aromatic N) is 1. The van der Waals surface area contributed by atoms with Crippen molar-refractivity contribution in [3.05, 3.63) is 0 Å². The zero-order valence-corrected chi connectivity index (χ0v) is 23.4. The average Bonchev–Trinajstić information content (AvgIpc) is 3.62. The molecule has 2 saturated heterocycles. The summed E-state index contributed by atoms with van der Waals surface area (Å²) in [4.78, 5) is 27.4. The minimum Gasteiger partial charge on any atom is -0.480 e. The number of carboxylic acids is 1. The highest BCUT2D eigenvalue weighted by molar-refractivity contribution is 5.79. The van der Waals surface area contributed by atoms with Crippen LogP contribution in [0.2, 0.25) is 0 Å². The first-order valence-electron chi connectivity index (χ1n) is 15.5. The van der Waals surface area contributed by atoms with E-state index in [0.29, 0.717) is 37.9 Å². The molecule has 0 aromatic heterocycles. The predicted octanol–water partition coefficient (Wildman–Crippen LogP) is 0.501. The van der Waals surface area contributed by atoms with Crippen molar-refractivity contribution in [1.29, 1.82) is 0 Å². The summed E-state index contributed by atoms with van der Waals surface area (Å²) in [6, 6.07) is -0.914. The minimum absolute atomic E-state index is 0.0236. The van der Waals surface area contributed by atoms with E-state index in [1.54, 1.807) is 0 Å². The van der Waals surface area contributed by atoms with Crippen LogP contribution in [0.4, 0.5) is 0 Å². The third kappa shape index (κ3) is 6.46. The maximum absolute atomic E-state index is 13.4. The van der Waals surface area contributed by atoms with E-state index >= 15 is 0 Å². The third-order valence-electron chi connectivity index (χ3n) is 10.9. The van der Waals surface area contributed by atoms with Gasteiger partial charge >= 0.3 is 5.97 Å². The van der Waals surface area contributed by atoms with Crippen molar-refractivity contribution in [2.75, 3.05) is 26.2 Å². The number of aliphatic hydroxyl groups excluding tert-OH is 3. The molecule has 5 rings (SSSR count). The average molecular weight is 551 g/mol. The maximum Gasteiger partial charge on any atom is 0.322 e. The molecule has 10 nitrogen and oxygen atoms in total. The lowest BCUT2D eigenvalue weighted by atomic mass is 9.65. The minimum atomic E-state index is -1.03. The second-order valence-corrected chi connectivity index (χ2v) is 13.2. The number of carboxylic acid groups (broad SMARTS) is 1. The van der Waals surface area contributed by atoms with Crippen LogP contribution in [-0.4, -0.2) is 99.9 Å². The molecule has 5 aliphatic rings. The SMILES string of the molecule is CC(N[C@@H](CNC(O)C1CCCC1)C(=O)O)[C@H]1C(O)CC2CN(C(=O)C3CC[C@@H]4CCN[C@@H]4C3)CCC2C1O. The number of aliphatic carboxylic acids is 1. The van der Waals surface area contributed by atoms with Gasteiger partial charge in [0.15, 0.2) is 0 Å². The number of likely N-dealkylation sites (tertiary alicyclic amines) is 1. The lowest BCUT2D eigenvalue weighted by Crippen LogP contribution is -2.61. The van der Waals surface area contributed by atoms with Gasteiger partial charge in [-0.1, -0.05) is 12.8 Å². The summed E-state index contributed by atoms with van der Waals surface area (Å²) < 4.78 is 0. The first kappa shape index (κ1) is 29.2. The van der Waals surface area contributed by atoms with Crippen LogP contribution in [0.25, 0.3) is 0 Å². The number of carbonyl (C=O) groups excluding carboxylic acids is 1. The first-order valence-corrected chi connectivity index (χ1v) is 15.5. The zero-order chi connectivity index (χ0) is 27.7. The van der Waals surface area contributed by atoms with Gasteiger partial charge in [-0.2, -0.15) is 0 Å². The Balaban J connectivity index is 1.14. The van der Waals surface area contributed by atoms with Crippen molar-refractivity contribution >= 4 is 11.9 Å². The van der Waals surface area contributed by atoms with Gasteiger partial charge in [0.1, 0.15) is 12.3 Å². The third-order valence-corrected chi connectivity index (χ3v) is 10.9. The number of amides is 1. The molecule has 0 spiro atoms. The second-order valence-electron chi connectivity index (χ2n) is 13.2. The van der Waals surface area contributed by atoms with Crippen LogP contribution >= 0.6 is 0 Å². The van der Waals surface area contributed by atoms with Crippen molar-refractivity contribution in [2.24, 2.45) is 35.5 Å². The Morgan fingerprint density at radius 2 is 1.79 bits per heavy atom. The summed E-state index contributed by atoms with van der Waals surface area (Å²) in [6.07, 6.45) is 7.18. The summed E-state index contributed by atoms with van der Waals surface area (Å²) >= 11 is 0. The standard InChI is InChI=1S/C29H50N4O6/c1-16(32-23(29(38)39)14-31-27(36)18-4-2-3-5-18)25-24(34)13-20-15-33(11-9-21(20)26(25)35)28(37)19-7-6-17-8-10-30-22(17)12-19/h16-27,30-32,34-36H,2-15H2,1H3,(H,38,39)/t16?,17-,19?,20?,21?,22-,23+,24?,25+,26?,27?/m1/s1. The Morgan fingerprint density at radius 3 is 2.54 bits per heavy atom. The molecule has 0 aromatic rings. The fraction of sp³-hybridized carbons (Fsp3) is 0.931. The van der Waals surface area contributed by atoms with Crippen molar-refractivity contribution in [3.8, 4) is 0 Å². The zero-order valence-electron chi connectivity index (χ0n) is 23.4. The lowest BCUT2D eigenvalue weighted by Gasteiger charge is -2.50. The van der Waals surface area contributed by atoms with Gasteiger partial charge in [-0.05, 0) is 88.5 Å². The molecule has 0 radical (unpaired) electrons. The molecule has 1 amide bonds. The molecule has 2 aliphatic heterocycles. The van der Waals surface area contributed by atoms with Gasteiger partial charge in [0, 0.05) is 43.6 Å². The number of rotatable bonds is 9. The fourth-order valence-electron chi connectivity index (χ4n) is 8.65. The second kappa shape index (κ2) is 12.7. The van der Waals surface area contributed by atoms with Gasteiger partial charge in [-0.3, -0.25) is 14.9 Å². The van der Waals surface area contributed by atoms with Crippen molar-refractivity contribution in [1.82, 2.24) is 20.9 Å². The number of piperidine rings is 1. The van der Waals surface area contributed by atoms with Crippen LogP contribution < -0.4 is 16.0 Å². The molecule has 10 heteroatoms. The van der Waals surface area contributed by atoms with Crippen molar-refractivity contribution in [2.45, 2.75) is 108 Å². The monoisotopic (exact) mass is 550 g/mol. The van der Waals surface area contributed by atoms with E-state index in [4.69, 9.17) is 0 Å². The van der Waals surface area contributed by atoms with Crippen LogP contribution in [0.3, 0.4) is 0 Å². The maximum atomic E-state index is 13.4. The summed E-state index contributed by atoms with van der Waals surface area (Å²) in [5, 5.41) is 52.4. The number of hydrogen-bond acceptors (Lipinski definition) is 8. The van der Waals surface area contributed by atoms with Crippen LogP contribution in [0, 0.1) is 35.5 Å². The summed E-state index contributed by atoms with van der Waals surface area (Å²) in [5.74, 6) is -0.345. The van der Waals surface area contributed by atoms with Gasteiger partial charge < -0.3 is 36.0 Å². The van der Waals surface area contributed by atoms with E-state index in [2.05, 4.69) is 16.0 Å². The highest BCUT2D eigenvalue weighted by Gasteiger charge is 2.49. The van der Waals surface area contributed by atoms with E-state index < -0.39 is 42.4 Å². The van der Waals surface area contributed by atoms with Crippen LogP contribution in [0.1, 0.15) is 71.1 Å². The van der Waals surface area contributed by atoms with Crippen LogP contribution in [-0.2, 0) is 9.59 Å². The number of nitrogens with one attached hydrogen (secondary N) is 3. The Labute approximate surface area is 232 Å². The molecule has 11 atom stereocenters. The topological polar surface area (TPSA) is 154 Å². The molecule has 222 valence electrons. The molecule has 5 fully saturated rings. The molecular formula is C29H50N4O6. The van der Waals surface area contributed by atoms with Crippen molar-refractivity contribution in [3.63, 3.8) is 0 Å². The Bertz CT molecular complexity index is 856. The molecule has 2 heterocycles. The van der Waals surface area contributed by atoms with Gasteiger partial charge in [-0.25, -0.2) is 0 Å². The fourth-order valence-corrected chi connectivity index (χ4v) is 8.65. The molecule has 7 N–H and O–H groups in total.